The van der Waals surface area contributed by atoms with Crippen molar-refractivity contribution in [3.05, 3.63) is 63.6 Å². The van der Waals surface area contributed by atoms with E-state index < -0.39 is 6.04 Å². The lowest BCUT2D eigenvalue weighted by Crippen LogP contribution is -2.29. The molecule has 0 fully saturated rings. The largest absolute Gasteiger partial charge is 0.271 e. The van der Waals surface area contributed by atoms with E-state index in [1.165, 1.54) is 6.07 Å². The molecule has 1 unspecified atom stereocenters. The molecule has 18 heavy (non-hydrogen) atoms. The summed E-state index contributed by atoms with van der Waals surface area (Å²) in [6.07, 6.45) is 3.42. The van der Waals surface area contributed by atoms with Crippen molar-refractivity contribution in [2.75, 3.05) is 0 Å². The SMILES string of the molecule is Cc1cncc(C(NN)c2cc(Br)ccc2F)c1. The van der Waals surface area contributed by atoms with Crippen molar-refractivity contribution >= 4 is 15.9 Å². The first-order chi connectivity index (χ1) is 8.61. The fraction of sp³-hybridized carbons (Fsp3) is 0.154. The molecule has 2 aromatic rings. The molecule has 5 heteroatoms. The van der Waals surface area contributed by atoms with Gasteiger partial charge in [-0.25, -0.2) is 9.82 Å². The van der Waals surface area contributed by atoms with Gasteiger partial charge < -0.3 is 0 Å². The van der Waals surface area contributed by atoms with Crippen molar-refractivity contribution in [1.82, 2.24) is 10.4 Å². The lowest BCUT2D eigenvalue weighted by Gasteiger charge is -2.18. The van der Waals surface area contributed by atoms with Gasteiger partial charge in [-0.05, 0) is 36.2 Å². The van der Waals surface area contributed by atoms with Crippen molar-refractivity contribution in [2.24, 2.45) is 5.84 Å². The van der Waals surface area contributed by atoms with Gasteiger partial charge in [0.1, 0.15) is 5.82 Å². The van der Waals surface area contributed by atoms with Crippen molar-refractivity contribution < 1.29 is 4.39 Å². The molecule has 0 bridgehead atoms. The molecule has 3 nitrogen and oxygen atoms in total. The summed E-state index contributed by atoms with van der Waals surface area (Å²) in [5.41, 5.74) is 4.95. The van der Waals surface area contributed by atoms with Gasteiger partial charge in [0.25, 0.3) is 0 Å². The zero-order valence-corrected chi connectivity index (χ0v) is 11.4. The molecule has 0 amide bonds. The van der Waals surface area contributed by atoms with Gasteiger partial charge in [-0.1, -0.05) is 22.0 Å². The number of hydrogen-bond donors (Lipinski definition) is 2. The van der Waals surface area contributed by atoms with Crippen molar-refractivity contribution in [2.45, 2.75) is 13.0 Å². The first-order valence-corrected chi connectivity index (χ1v) is 6.23. The molecule has 94 valence electrons. The molecule has 0 aliphatic rings. The Morgan fingerprint density at radius 1 is 1.33 bits per heavy atom. The maximum Gasteiger partial charge on any atom is 0.128 e. The maximum atomic E-state index is 13.9. The minimum Gasteiger partial charge on any atom is -0.271 e. The number of nitrogens with two attached hydrogens (primary N) is 1. The van der Waals surface area contributed by atoms with E-state index in [0.29, 0.717) is 5.56 Å². The monoisotopic (exact) mass is 309 g/mol. The number of rotatable bonds is 3. The first kappa shape index (κ1) is 13.1. The van der Waals surface area contributed by atoms with E-state index in [0.717, 1.165) is 15.6 Å². The Kier molecular flexibility index (Phi) is 4.06. The van der Waals surface area contributed by atoms with Crippen LogP contribution in [0, 0.1) is 12.7 Å². The lowest BCUT2D eigenvalue weighted by molar-refractivity contribution is 0.558. The standard InChI is InChI=1S/C13H13BrFN3/c1-8-4-9(7-17-6-8)13(18-16)11-5-10(14)2-3-12(11)15/h2-7,13,18H,16H2,1H3. The number of hydrogen-bond acceptors (Lipinski definition) is 3. The summed E-state index contributed by atoms with van der Waals surface area (Å²) in [6.45, 7) is 1.93. The van der Waals surface area contributed by atoms with E-state index in [1.54, 1.807) is 24.5 Å². The molecule has 1 atom stereocenters. The Balaban J connectivity index is 2.48. The number of aryl methyl sites for hydroxylation is 1. The summed E-state index contributed by atoms with van der Waals surface area (Å²) in [4.78, 5) is 4.10. The second kappa shape index (κ2) is 5.56. The Morgan fingerprint density at radius 2 is 2.11 bits per heavy atom. The molecular weight excluding hydrogens is 297 g/mol. The summed E-state index contributed by atoms with van der Waals surface area (Å²) >= 11 is 3.33. The van der Waals surface area contributed by atoms with Crippen LogP contribution in [-0.4, -0.2) is 4.98 Å². The van der Waals surface area contributed by atoms with Gasteiger partial charge in [-0.3, -0.25) is 10.8 Å². The summed E-state index contributed by atoms with van der Waals surface area (Å²) in [6, 6.07) is 6.28. The number of hydrazine groups is 1. The lowest BCUT2D eigenvalue weighted by atomic mass is 9.99. The Hall–Kier alpha value is -1.30. The highest BCUT2D eigenvalue weighted by Crippen LogP contribution is 2.26. The quantitative estimate of drug-likeness (QED) is 0.677. The molecule has 0 aliphatic carbocycles. The van der Waals surface area contributed by atoms with Crippen LogP contribution in [0.4, 0.5) is 4.39 Å². The van der Waals surface area contributed by atoms with Gasteiger partial charge in [0, 0.05) is 22.4 Å². The zero-order chi connectivity index (χ0) is 13.1. The number of aromatic nitrogens is 1. The minimum atomic E-state index is -0.421. The van der Waals surface area contributed by atoms with Gasteiger partial charge in [0.05, 0.1) is 6.04 Å². The summed E-state index contributed by atoms with van der Waals surface area (Å²) in [5, 5.41) is 0. The number of nitrogens with zero attached hydrogens (tertiary/aromatic N) is 1. The van der Waals surface area contributed by atoms with Gasteiger partial charge in [0.2, 0.25) is 0 Å². The third-order valence-corrected chi connectivity index (χ3v) is 3.16. The second-order valence-electron chi connectivity index (χ2n) is 4.06. The normalized spacial score (nSPS) is 12.4. The molecular formula is C13H13BrFN3. The van der Waals surface area contributed by atoms with E-state index in [-0.39, 0.29) is 5.82 Å². The predicted molar refractivity (Wildman–Crippen MR) is 72.2 cm³/mol. The molecule has 0 spiro atoms. The van der Waals surface area contributed by atoms with E-state index in [1.807, 2.05) is 13.0 Å². The highest BCUT2D eigenvalue weighted by Gasteiger charge is 2.17. The van der Waals surface area contributed by atoms with E-state index in [9.17, 15) is 4.39 Å². The van der Waals surface area contributed by atoms with Crippen LogP contribution in [0.25, 0.3) is 0 Å². The summed E-state index contributed by atoms with van der Waals surface area (Å²) in [5.74, 6) is 5.24. The molecule has 1 aromatic heterocycles. The fourth-order valence-electron chi connectivity index (χ4n) is 1.84. The Labute approximate surface area is 113 Å². The van der Waals surface area contributed by atoms with Crippen molar-refractivity contribution in [3.63, 3.8) is 0 Å². The summed E-state index contributed by atoms with van der Waals surface area (Å²) in [7, 11) is 0. The number of nitrogens with one attached hydrogen (secondary N) is 1. The second-order valence-corrected chi connectivity index (χ2v) is 4.98. The predicted octanol–water partition coefficient (Wildman–Crippen LogP) is 2.84. The molecule has 0 aliphatic heterocycles. The van der Waals surface area contributed by atoms with Gasteiger partial charge in [-0.2, -0.15) is 0 Å². The summed E-state index contributed by atoms with van der Waals surface area (Å²) < 4.78 is 14.7. The van der Waals surface area contributed by atoms with Crippen LogP contribution in [0.1, 0.15) is 22.7 Å². The van der Waals surface area contributed by atoms with Crippen LogP contribution in [0.2, 0.25) is 0 Å². The average molecular weight is 310 g/mol. The fourth-order valence-corrected chi connectivity index (χ4v) is 2.22. The highest BCUT2D eigenvalue weighted by atomic mass is 79.9. The topological polar surface area (TPSA) is 50.9 Å². The third kappa shape index (κ3) is 2.75. The van der Waals surface area contributed by atoms with Crippen LogP contribution in [0.3, 0.4) is 0 Å². The molecule has 0 saturated heterocycles. The minimum absolute atomic E-state index is 0.303. The molecule has 3 N–H and O–H groups in total. The Morgan fingerprint density at radius 3 is 2.78 bits per heavy atom. The number of benzene rings is 1. The van der Waals surface area contributed by atoms with Crippen LogP contribution in [-0.2, 0) is 0 Å². The van der Waals surface area contributed by atoms with Crippen LogP contribution >= 0.6 is 15.9 Å². The Bertz CT molecular complexity index is 560. The van der Waals surface area contributed by atoms with E-state index in [2.05, 4.69) is 26.3 Å². The third-order valence-electron chi connectivity index (χ3n) is 2.67. The smallest absolute Gasteiger partial charge is 0.128 e. The molecule has 1 aromatic carbocycles. The zero-order valence-electron chi connectivity index (χ0n) is 9.82. The highest BCUT2D eigenvalue weighted by molar-refractivity contribution is 9.10. The van der Waals surface area contributed by atoms with Gasteiger partial charge >= 0.3 is 0 Å². The van der Waals surface area contributed by atoms with Crippen LogP contribution in [0.15, 0.2) is 41.1 Å². The molecule has 0 saturated carbocycles. The van der Waals surface area contributed by atoms with Crippen molar-refractivity contribution in [1.29, 1.82) is 0 Å². The first-order valence-electron chi connectivity index (χ1n) is 5.44. The van der Waals surface area contributed by atoms with E-state index >= 15 is 0 Å². The van der Waals surface area contributed by atoms with Crippen molar-refractivity contribution in [3.8, 4) is 0 Å². The molecule has 2 rings (SSSR count). The van der Waals surface area contributed by atoms with Crippen LogP contribution in [0.5, 0.6) is 0 Å². The van der Waals surface area contributed by atoms with Gasteiger partial charge in [0.15, 0.2) is 0 Å². The van der Waals surface area contributed by atoms with Crippen LogP contribution < -0.4 is 11.3 Å². The van der Waals surface area contributed by atoms with Gasteiger partial charge in [-0.15, -0.1) is 0 Å². The molecule has 0 radical (unpaired) electrons. The van der Waals surface area contributed by atoms with E-state index in [4.69, 9.17) is 5.84 Å². The number of halogens is 2. The maximum absolute atomic E-state index is 13.9. The molecule has 1 heterocycles. The number of pyridine rings is 1. The average Bonchev–Trinajstić information content (AvgIpc) is 2.35.